The molecule has 0 aliphatic carbocycles. The molecule has 1 amide bonds. The van der Waals surface area contributed by atoms with Crippen molar-refractivity contribution in [3.63, 3.8) is 0 Å². The summed E-state index contributed by atoms with van der Waals surface area (Å²) in [6.45, 7) is 0.0122. The third-order valence-corrected chi connectivity index (χ3v) is 4.55. The molecule has 6 nitrogen and oxygen atoms in total. The Bertz CT molecular complexity index is 937. The van der Waals surface area contributed by atoms with Crippen molar-refractivity contribution in [3.8, 4) is 0 Å². The summed E-state index contributed by atoms with van der Waals surface area (Å²) in [5, 5.41) is 21.4. The van der Waals surface area contributed by atoms with Crippen LogP contribution in [0.15, 0.2) is 60.2 Å². The van der Waals surface area contributed by atoms with Gasteiger partial charge in [-0.2, -0.15) is 0 Å². The number of benzene rings is 2. The van der Waals surface area contributed by atoms with E-state index in [9.17, 15) is 29.0 Å². The smallest absolute Gasteiger partial charge is 0.295 e. The number of Topliss-reactive ketones (excluding diaryl/α,β-unsaturated/α-hetero) is 1. The van der Waals surface area contributed by atoms with E-state index in [-0.39, 0.29) is 30.5 Å². The maximum atomic E-state index is 13.2. The fourth-order valence-electron chi connectivity index (χ4n) is 3.25. The Morgan fingerprint density at radius 1 is 1.07 bits per heavy atom. The average molecular weight is 382 g/mol. The Hall–Kier alpha value is -3.48. The SMILES string of the molecule is O=C([O-])CCCN1C(=O)C(=O)C(=C(O)c2ccc(F)cc2)[C@@H]1c1ccccc1. The highest BCUT2D eigenvalue weighted by Gasteiger charge is 2.45. The van der Waals surface area contributed by atoms with E-state index in [0.29, 0.717) is 5.56 Å². The molecule has 2 aromatic carbocycles. The number of hydrogen-bond donors (Lipinski definition) is 1. The van der Waals surface area contributed by atoms with Crippen molar-refractivity contribution in [1.82, 2.24) is 4.90 Å². The van der Waals surface area contributed by atoms with E-state index in [4.69, 9.17) is 0 Å². The zero-order chi connectivity index (χ0) is 20.3. The Morgan fingerprint density at radius 2 is 1.71 bits per heavy atom. The summed E-state index contributed by atoms with van der Waals surface area (Å²) < 4.78 is 13.2. The van der Waals surface area contributed by atoms with Crippen molar-refractivity contribution >= 4 is 23.4 Å². The first-order valence-corrected chi connectivity index (χ1v) is 8.69. The number of carboxylic acid groups (broad SMARTS) is 1. The number of carbonyl (C=O) groups is 3. The van der Waals surface area contributed by atoms with E-state index in [1.165, 1.54) is 17.0 Å². The summed E-state index contributed by atoms with van der Waals surface area (Å²) in [5.41, 5.74) is 0.685. The first-order chi connectivity index (χ1) is 13.4. The molecule has 144 valence electrons. The molecule has 28 heavy (non-hydrogen) atoms. The van der Waals surface area contributed by atoms with Gasteiger partial charge in [-0.1, -0.05) is 30.3 Å². The second-order valence-corrected chi connectivity index (χ2v) is 6.39. The Kier molecular flexibility index (Phi) is 5.54. The number of carboxylic acids is 1. The van der Waals surface area contributed by atoms with Crippen LogP contribution < -0.4 is 5.11 Å². The molecular weight excluding hydrogens is 365 g/mol. The average Bonchev–Trinajstić information content (AvgIpc) is 2.93. The first-order valence-electron chi connectivity index (χ1n) is 8.69. The molecule has 0 radical (unpaired) electrons. The van der Waals surface area contributed by atoms with Crippen LogP contribution in [-0.2, 0) is 14.4 Å². The van der Waals surface area contributed by atoms with Gasteiger partial charge in [0.2, 0.25) is 0 Å². The van der Waals surface area contributed by atoms with Crippen LogP contribution in [0.4, 0.5) is 4.39 Å². The van der Waals surface area contributed by atoms with Gasteiger partial charge in [0.15, 0.2) is 0 Å². The molecule has 1 fully saturated rings. The van der Waals surface area contributed by atoms with E-state index in [2.05, 4.69) is 0 Å². The lowest BCUT2D eigenvalue weighted by atomic mass is 9.95. The predicted molar refractivity (Wildman–Crippen MR) is 96.1 cm³/mol. The van der Waals surface area contributed by atoms with Gasteiger partial charge in [0.1, 0.15) is 11.6 Å². The van der Waals surface area contributed by atoms with Gasteiger partial charge in [-0.15, -0.1) is 0 Å². The van der Waals surface area contributed by atoms with Crippen LogP contribution in [0.25, 0.3) is 5.76 Å². The molecule has 3 rings (SSSR count). The quantitative estimate of drug-likeness (QED) is 0.467. The minimum Gasteiger partial charge on any atom is -0.550 e. The summed E-state index contributed by atoms with van der Waals surface area (Å²) in [5.74, 6) is -3.85. The number of hydrogen-bond acceptors (Lipinski definition) is 5. The van der Waals surface area contributed by atoms with Crippen molar-refractivity contribution in [3.05, 3.63) is 77.1 Å². The van der Waals surface area contributed by atoms with Gasteiger partial charge in [0.25, 0.3) is 11.7 Å². The maximum absolute atomic E-state index is 13.2. The summed E-state index contributed by atoms with van der Waals surface area (Å²) in [6.07, 6.45) is -0.155. The highest BCUT2D eigenvalue weighted by atomic mass is 19.1. The maximum Gasteiger partial charge on any atom is 0.295 e. The number of carbonyl (C=O) groups excluding carboxylic acids is 3. The van der Waals surface area contributed by atoms with Crippen molar-refractivity contribution < 1.29 is 29.0 Å². The fourth-order valence-corrected chi connectivity index (χ4v) is 3.25. The molecule has 0 spiro atoms. The molecule has 1 aliphatic heterocycles. The first kappa shape index (κ1) is 19.3. The third kappa shape index (κ3) is 3.78. The second-order valence-electron chi connectivity index (χ2n) is 6.39. The lowest BCUT2D eigenvalue weighted by Crippen LogP contribution is -2.32. The second kappa shape index (κ2) is 8.04. The minimum atomic E-state index is -1.25. The van der Waals surface area contributed by atoms with E-state index in [1.807, 2.05) is 0 Å². The van der Waals surface area contributed by atoms with E-state index < -0.39 is 35.3 Å². The zero-order valence-corrected chi connectivity index (χ0v) is 14.8. The van der Waals surface area contributed by atoms with Crippen LogP contribution in [0.1, 0.15) is 30.0 Å². The van der Waals surface area contributed by atoms with Gasteiger partial charge < -0.3 is 19.9 Å². The van der Waals surface area contributed by atoms with Crippen LogP contribution in [0, 0.1) is 5.82 Å². The largest absolute Gasteiger partial charge is 0.550 e. The van der Waals surface area contributed by atoms with Crippen LogP contribution in [-0.4, -0.2) is 34.2 Å². The number of likely N-dealkylation sites (tertiary alicyclic amines) is 1. The third-order valence-electron chi connectivity index (χ3n) is 4.55. The van der Waals surface area contributed by atoms with Crippen LogP contribution in [0.3, 0.4) is 0 Å². The van der Waals surface area contributed by atoms with Gasteiger partial charge in [-0.3, -0.25) is 9.59 Å². The standard InChI is InChI=1S/C21H18FNO5/c22-15-10-8-14(9-11-15)19(26)17-18(13-5-2-1-3-6-13)23(21(28)20(17)27)12-4-7-16(24)25/h1-3,5-6,8-11,18,26H,4,7,12H2,(H,24,25)/p-1/t18-/m0/s1. The molecule has 7 heteroatoms. The number of aliphatic hydroxyl groups excluding tert-OH is 1. The monoisotopic (exact) mass is 382 g/mol. The lowest BCUT2D eigenvalue weighted by Gasteiger charge is -2.25. The van der Waals surface area contributed by atoms with Crippen molar-refractivity contribution in [2.45, 2.75) is 18.9 Å². The van der Waals surface area contributed by atoms with Gasteiger partial charge >= 0.3 is 0 Å². The summed E-state index contributed by atoms with van der Waals surface area (Å²) >= 11 is 0. The zero-order valence-electron chi connectivity index (χ0n) is 14.8. The molecule has 0 aromatic heterocycles. The number of halogens is 1. The predicted octanol–water partition coefficient (Wildman–Crippen LogP) is 1.78. The molecular formula is C21H17FNO5-. The van der Waals surface area contributed by atoms with Crippen LogP contribution in [0.5, 0.6) is 0 Å². The summed E-state index contributed by atoms with van der Waals surface area (Å²) in [6, 6.07) is 12.7. The van der Waals surface area contributed by atoms with Crippen molar-refractivity contribution in [2.75, 3.05) is 6.54 Å². The fraction of sp³-hybridized carbons (Fsp3) is 0.190. The highest BCUT2D eigenvalue weighted by molar-refractivity contribution is 6.46. The van der Waals surface area contributed by atoms with Crippen LogP contribution in [0.2, 0.25) is 0 Å². The molecule has 1 heterocycles. The Labute approximate surface area is 160 Å². The van der Waals surface area contributed by atoms with E-state index in [0.717, 1.165) is 12.1 Å². The topological polar surface area (TPSA) is 97.7 Å². The molecule has 0 unspecified atom stereocenters. The van der Waals surface area contributed by atoms with E-state index in [1.54, 1.807) is 30.3 Å². The summed E-state index contributed by atoms with van der Waals surface area (Å²) in [7, 11) is 0. The van der Waals surface area contributed by atoms with E-state index >= 15 is 0 Å². The number of amides is 1. The number of ketones is 1. The molecule has 1 aliphatic rings. The Balaban J connectivity index is 2.07. The number of nitrogens with zero attached hydrogens (tertiary/aromatic N) is 1. The van der Waals surface area contributed by atoms with Crippen molar-refractivity contribution in [1.29, 1.82) is 0 Å². The van der Waals surface area contributed by atoms with Gasteiger partial charge in [0.05, 0.1) is 11.6 Å². The molecule has 2 aromatic rings. The molecule has 1 saturated heterocycles. The number of aliphatic carboxylic acids is 1. The lowest BCUT2D eigenvalue weighted by molar-refractivity contribution is -0.305. The summed E-state index contributed by atoms with van der Waals surface area (Å²) in [4.78, 5) is 37.2. The van der Waals surface area contributed by atoms with Crippen LogP contribution >= 0.6 is 0 Å². The highest BCUT2D eigenvalue weighted by Crippen LogP contribution is 2.39. The Morgan fingerprint density at radius 3 is 2.32 bits per heavy atom. The van der Waals surface area contributed by atoms with Gasteiger partial charge in [-0.05, 0) is 42.7 Å². The number of aliphatic hydroxyl groups is 1. The van der Waals surface area contributed by atoms with Gasteiger partial charge in [-0.25, -0.2) is 4.39 Å². The van der Waals surface area contributed by atoms with Gasteiger partial charge in [0, 0.05) is 18.1 Å². The molecule has 0 bridgehead atoms. The minimum absolute atomic E-state index is 0.0122. The normalized spacial score (nSPS) is 18.5. The van der Waals surface area contributed by atoms with Crippen molar-refractivity contribution in [2.24, 2.45) is 0 Å². The number of rotatable bonds is 6. The molecule has 1 atom stereocenters. The molecule has 1 N–H and O–H groups in total. The molecule has 0 saturated carbocycles.